The van der Waals surface area contributed by atoms with Crippen LogP contribution < -0.4 is 5.32 Å². The van der Waals surface area contributed by atoms with Gasteiger partial charge in [0.25, 0.3) is 5.91 Å². The topological polar surface area (TPSA) is 55.4 Å². The van der Waals surface area contributed by atoms with Crippen LogP contribution in [-0.4, -0.2) is 11.9 Å². The van der Waals surface area contributed by atoms with Crippen molar-refractivity contribution in [2.75, 3.05) is 5.32 Å². The van der Waals surface area contributed by atoms with Crippen molar-refractivity contribution in [3.05, 3.63) is 100 Å². The molecule has 0 saturated carbocycles. The van der Waals surface area contributed by atoms with Gasteiger partial charge in [-0.3, -0.25) is 4.79 Å². The van der Waals surface area contributed by atoms with E-state index in [1.807, 2.05) is 62.4 Å². The standard InChI is InChI=1S/C24H21NO3/c1-15-8-11-21(16(2)12-15)25-23(26)18-9-10-20-19(13-18)14-22(28-24(20)27)17-6-4-3-5-7-17/h3-13,22H,14H2,1-2H3,(H,25,26)/t22-/m0/s1. The van der Waals surface area contributed by atoms with Crippen LogP contribution in [0, 0.1) is 13.8 Å². The molecule has 3 aromatic rings. The summed E-state index contributed by atoms with van der Waals surface area (Å²) in [7, 11) is 0. The number of carbonyl (C=O) groups excluding carboxylic acids is 2. The van der Waals surface area contributed by atoms with Crippen molar-refractivity contribution in [2.45, 2.75) is 26.4 Å². The van der Waals surface area contributed by atoms with Crippen molar-refractivity contribution in [1.82, 2.24) is 0 Å². The van der Waals surface area contributed by atoms with Gasteiger partial charge in [0.1, 0.15) is 6.10 Å². The van der Waals surface area contributed by atoms with E-state index in [0.717, 1.165) is 27.9 Å². The lowest BCUT2D eigenvalue weighted by Crippen LogP contribution is -2.23. The normalized spacial score (nSPS) is 15.5. The molecule has 3 aromatic carbocycles. The summed E-state index contributed by atoms with van der Waals surface area (Å²) < 4.78 is 5.58. The molecule has 0 radical (unpaired) electrons. The minimum atomic E-state index is -0.351. The first-order chi connectivity index (χ1) is 13.5. The van der Waals surface area contributed by atoms with E-state index in [0.29, 0.717) is 17.5 Å². The lowest BCUT2D eigenvalue weighted by Gasteiger charge is -2.25. The summed E-state index contributed by atoms with van der Waals surface area (Å²) in [6.07, 6.45) is 0.217. The number of hydrogen-bond acceptors (Lipinski definition) is 3. The molecule has 0 spiro atoms. The van der Waals surface area contributed by atoms with E-state index in [1.54, 1.807) is 18.2 Å². The van der Waals surface area contributed by atoms with Gasteiger partial charge >= 0.3 is 5.97 Å². The lowest BCUT2D eigenvalue weighted by molar-refractivity contribution is 0.0252. The summed E-state index contributed by atoms with van der Waals surface area (Å²) in [4.78, 5) is 25.1. The van der Waals surface area contributed by atoms with E-state index in [4.69, 9.17) is 4.74 Å². The number of nitrogens with one attached hydrogen (secondary N) is 1. The Kier molecular flexibility index (Phi) is 4.70. The molecule has 28 heavy (non-hydrogen) atoms. The van der Waals surface area contributed by atoms with Crippen LogP contribution >= 0.6 is 0 Å². The third-order valence-corrected chi connectivity index (χ3v) is 5.04. The number of benzene rings is 3. The summed E-state index contributed by atoms with van der Waals surface area (Å²) in [5.74, 6) is -0.540. The molecule has 0 fully saturated rings. The van der Waals surface area contributed by atoms with Gasteiger partial charge in [-0.15, -0.1) is 0 Å². The average molecular weight is 371 g/mol. The number of rotatable bonds is 3. The Labute approximate surface area is 164 Å². The molecular formula is C24H21NO3. The van der Waals surface area contributed by atoms with Gasteiger partial charge in [-0.1, -0.05) is 48.0 Å². The smallest absolute Gasteiger partial charge is 0.339 e. The summed E-state index contributed by atoms with van der Waals surface area (Å²) in [5, 5.41) is 2.96. The van der Waals surface area contributed by atoms with Crippen LogP contribution in [0.5, 0.6) is 0 Å². The van der Waals surface area contributed by atoms with E-state index in [-0.39, 0.29) is 18.0 Å². The van der Waals surface area contributed by atoms with Gasteiger partial charge in [0.15, 0.2) is 0 Å². The zero-order chi connectivity index (χ0) is 19.7. The van der Waals surface area contributed by atoms with Crippen LogP contribution in [-0.2, 0) is 11.2 Å². The quantitative estimate of drug-likeness (QED) is 0.659. The molecule has 1 heterocycles. The highest BCUT2D eigenvalue weighted by Gasteiger charge is 2.28. The maximum Gasteiger partial charge on any atom is 0.339 e. The van der Waals surface area contributed by atoms with Gasteiger partial charge in [-0.2, -0.15) is 0 Å². The number of ether oxygens (including phenoxy) is 1. The summed E-state index contributed by atoms with van der Waals surface area (Å²) in [6.45, 7) is 3.99. The average Bonchev–Trinajstić information content (AvgIpc) is 2.70. The summed E-state index contributed by atoms with van der Waals surface area (Å²) >= 11 is 0. The maximum atomic E-state index is 12.7. The number of cyclic esters (lactones) is 1. The van der Waals surface area contributed by atoms with Crippen LogP contribution in [0.3, 0.4) is 0 Å². The van der Waals surface area contributed by atoms with Gasteiger partial charge in [0.2, 0.25) is 0 Å². The Balaban J connectivity index is 1.59. The zero-order valence-electron chi connectivity index (χ0n) is 15.9. The van der Waals surface area contributed by atoms with Gasteiger partial charge in [0.05, 0.1) is 5.56 Å². The van der Waals surface area contributed by atoms with Crippen LogP contribution in [0.2, 0.25) is 0 Å². The Morgan fingerprint density at radius 2 is 1.79 bits per heavy atom. The van der Waals surface area contributed by atoms with Crippen LogP contribution in [0.4, 0.5) is 5.69 Å². The first-order valence-electron chi connectivity index (χ1n) is 9.29. The van der Waals surface area contributed by atoms with Crippen molar-refractivity contribution in [2.24, 2.45) is 0 Å². The minimum absolute atomic E-state index is 0.190. The third kappa shape index (κ3) is 3.54. The number of hydrogen-bond donors (Lipinski definition) is 1. The predicted octanol–water partition coefficient (Wildman–Crippen LogP) is 5.01. The molecule has 140 valence electrons. The molecular weight excluding hydrogens is 350 g/mol. The van der Waals surface area contributed by atoms with Crippen LogP contribution in [0.15, 0.2) is 66.7 Å². The van der Waals surface area contributed by atoms with Crippen molar-refractivity contribution in [3.8, 4) is 0 Å². The highest BCUT2D eigenvalue weighted by Crippen LogP contribution is 2.31. The maximum absolute atomic E-state index is 12.7. The number of esters is 1. The SMILES string of the molecule is Cc1ccc(NC(=O)c2ccc3c(c2)C[C@@H](c2ccccc2)OC3=O)c(C)c1. The van der Waals surface area contributed by atoms with Gasteiger partial charge in [-0.05, 0) is 54.8 Å². The molecule has 1 aliphatic rings. The highest BCUT2D eigenvalue weighted by atomic mass is 16.5. The number of aryl methyl sites for hydroxylation is 2. The molecule has 4 heteroatoms. The Morgan fingerprint density at radius 3 is 2.54 bits per heavy atom. The van der Waals surface area contributed by atoms with E-state index in [1.165, 1.54) is 0 Å². The highest BCUT2D eigenvalue weighted by molar-refractivity contribution is 6.05. The fourth-order valence-corrected chi connectivity index (χ4v) is 3.54. The Hall–Kier alpha value is -3.40. The minimum Gasteiger partial charge on any atom is -0.454 e. The van der Waals surface area contributed by atoms with Crippen molar-refractivity contribution < 1.29 is 14.3 Å². The van der Waals surface area contributed by atoms with Crippen molar-refractivity contribution in [1.29, 1.82) is 0 Å². The van der Waals surface area contributed by atoms with E-state index < -0.39 is 0 Å². The monoisotopic (exact) mass is 371 g/mol. The second-order valence-electron chi connectivity index (χ2n) is 7.15. The number of fused-ring (bicyclic) bond motifs is 1. The summed E-state index contributed by atoms with van der Waals surface area (Å²) in [5.41, 5.74) is 5.78. The fraction of sp³-hybridized carbons (Fsp3) is 0.167. The molecule has 0 aromatic heterocycles. The zero-order valence-corrected chi connectivity index (χ0v) is 15.9. The predicted molar refractivity (Wildman–Crippen MR) is 109 cm³/mol. The van der Waals surface area contributed by atoms with E-state index in [9.17, 15) is 9.59 Å². The van der Waals surface area contributed by atoms with Gasteiger partial charge in [-0.25, -0.2) is 4.79 Å². The van der Waals surface area contributed by atoms with Gasteiger partial charge < -0.3 is 10.1 Å². The van der Waals surface area contributed by atoms with Crippen molar-refractivity contribution >= 4 is 17.6 Å². The molecule has 1 amide bonds. The Bertz CT molecular complexity index is 1060. The molecule has 1 aliphatic heterocycles. The molecule has 4 rings (SSSR count). The Morgan fingerprint density at radius 1 is 1.00 bits per heavy atom. The second-order valence-corrected chi connectivity index (χ2v) is 7.15. The number of anilines is 1. The number of amides is 1. The first kappa shape index (κ1) is 18.0. The molecule has 4 nitrogen and oxygen atoms in total. The third-order valence-electron chi connectivity index (χ3n) is 5.04. The molecule has 1 N–H and O–H groups in total. The number of carbonyl (C=O) groups is 2. The summed E-state index contributed by atoms with van der Waals surface area (Å²) in [6, 6.07) is 20.7. The van der Waals surface area contributed by atoms with Crippen LogP contribution in [0.1, 0.15) is 49.1 Å². The van der Waals surface area contributed by atoms with E-state index in [2.05, 4.69) is 5.32 Å². The first-order valence-corrected chi connectivity index (χ1v) is 9.29. The lowest BCUT2D eigenvalue weighted by atomic mass is 9.93. The molecule has 0 unspecified atom stereocenters. The van der Waals surface area contributed by atoms with Crippen LogP contribution in [0.25, 0.3) is 0 Å². The fourth-order valence-electron chi connectivity index (χ4n) is 3.54. The van der Waals surface area contributed by atoms with E-state index >= 15 is 0 Å². The van der Waals surface area contributed by atoms with Crippen molar-refractivity contribution in [3.63, 3.8) is 0 Å². The largest absolute Gasteiger partial charge is 0.454 e. The molecule has 0 saturated heterocycles. The van der Waals surface area contributed by atoms with Gasteiger partial charge in [0, 0.05) is 17.7 Å². The second kappa shape index (κ2) is 7.31. The molecule has 1 atom stereocenters. The molecule has 0 bridgehead atoms. The molecule has 0 aliphatic carbocycles.